The first kappa shape index (κ1) is 20.9. The van der Waals surface area contributed by atoms with E-state index in [9.17, 15) is 4.79 Å². The quantitative estimate of drug-likeness (QED) is 0.480. The van der Waals surface area contributed by atoms with Crippen LogP contribution >= 0.6 is 0 Å². The molecular weight excluding hydrogens is 366 g/mol. The maximum Gasteiger partial charge on any atom is 0.162 e. The van der Waals surface area contributed by atoms with Crippen molar-refractivity contribution in [2.75, 3.05) is 42.7 Å². The van der Waals surface area contributed by atoms with Crippen LogP contribution in [0.3, 0.4) is 0 Å². The number of methoxy groups -OCH3 is 6. The van der Waals surface area contributed by atoms with Crippen molar-refractivity contribution in [1.82, 2.24) is 0 Å². The third-order valence-corrected chi connectivity index (χ3v) is 4.06. The predicted molar refractivity (Wildman–Crippen MR) is 105 cm³/mol. The van der Waals surface area contributed by atoms with Crippen LogP contribution in [0.5, 0.6) is 34.5 Å². The highest BCUT2D eigenvalue weighted by Crippen LogP contribution is 2.45. The molecule has 0 bridgehead atoms. The Morgan fingerprint density at radius 1 is 0.679 bits per heavy atom. The van der Waals surface area contributed by atoms with Crippen LogP contribution in [-0.2, 0) is 0 Å². The molecule has 0 aliphatic rings. The molecule has 0 N–H and O–H groups in total. The van der Waals surface area contributed by atoms with E-state index in [4.69, 9.17) is 28.4 Å². The molecule has 0 aliphatic heterocycles. The van der Waals surface area contributed by atoms with Crippen molar-refractivity contribution in [2.45, 2.75) is 0 Å². The molecule has 0 unspecified atom stereocenters. The van der Waals surface area contributed by atoms with E-state index in [1.807, 2.05) is 0 Å². The highest BCUT2D eigenvalue weighted by molar-refractivity contribution is 5.94. The highest BCUT2D eigenvalue weighted by atomic mass is 16.5. The Balaban J connectivity index is 2.68. The highest BCUT2D eigenvalue weighted by Gasteiger charge is 2.20. The van der Waals surface area contributed by atoms with Crippen molar-refractivity contribution in [2.24, 2.45) is 4.99 Å². The SMILES string of the molecule is COc1cc(OC)c(C=Nc2c(OC)cc(OC)c(C=O)c2OC)c(OC)c1. The molecule has 0 saturated heterocycles. The maximum atomic E-state index is 11.6. The normalized spacial score (nSPS) is 10.5. The maximum absolute atomic E-state index is 11.6. The van der Waals surface area contributed by atoms with Gasteiger partial charge in [-0.1, -0.05) is 0 Å². The first-order valence-corrected chi connectivity index (χ1v) is 8.20. The van der Waals surface area contributed by atoms with Gasteiger partial charge < -0.3 is 28.4 Å². The van der Waals surface area contributed by atoms with Gasteiger partial charge >= 0.3 is 0 Å². The molecule has 0 aromatic heterocycles. The number of carbonyl (C=O) groups excluding carboxylic acids is 1. The van der Waals surface area contributed by atoms with Crippen LogP contribution < -0.4 is 28.4 Å². The van der Waals surface area contributed by atoms with Gasteiger partial charge in [0.25, 0.3) is 0 Å². The molecule has 28 heavy (non-hydrogen) atoms. The topological polar surface area (TPSA) is 84.8 Å². The van der Waals surface area contributed by atoms with Gasteiger partial charge in [-0.2, -0.15) is 0 Å². The number of hydrogen-bond acceptors (Lipinski definition) is 8. The summed E-state index contributed by atoms with van der Waals surface area (Å²) in [5.41, 5.74) is 1.14. The van der Waals surface area contributed by atoms with E-state index < -0.39 is 0 Å². The van der Waals surface area contributed by atoms with E-state index in [-0.39, 0.29) is 11.3 Å². The lowest BCUT2D eigenvalue weighted by Crippen LogP contribution is -2.00. The molecule has 0 aliphatic carbocycles. The summed E-state index contributed by atoms with van der Waals surface area (Å²) in [6.45, 7) is 0. The van der Waals surface area contributed by atoms with Crippen molar-refractivity contribution >= 4 is 18.2 Å². The number of rotatable bonds is 9. The molecule has 0 heterocycles. The van der Waals surface area contributed by atoms with Crippen LogP contribution in [0.25, 0.3) is 0 Å². The van der Waals surface area contributed by atoms with Crippen LogP contribution in [0.2, 0.25) is 0 Å². The van der Waals surface area contributed by atoms with Crippen LogP contribution in [0.15, 0.2) is 23.2 Å². The van der Waals surface area contributed by atoms with Crippen molar-refractivity contribution in [3.05, 3.63) is 29.3 Å². The largest absolute Gasteiger partial charge is 0.496 e. The molecule has 0 fully saturated rings. The molecule has 2 aromatic rings. The summed E-state index contributed by atoms with van der Waals surface area (Å²) < 4.78 is 32.1. The Bertz CT molecular complexity index is 852. The summed E-state index contributed by atoms with van der Waals surface area (Å²) in [5.74, 6) is 2.51. The van der Waals surface area contributed by atoms with Crippen LogP contribution in [0, 0.1) is 0 Å². The lowest BCUT2D eigenvalue weighted by Gasteiger charge is -2.15. The van der Waals surface area contributed by atoms with Gasteiger partial charge in [-0.05, 0) is 0 Å². The van der Waals surface area contributed by atoms with E-state index in [0.717, 1.165) is 0 Å². The summed E-state index contributed by atoms with van der Waals surface area (Å²) in [5, 5.41) is 0. The first-order chi connectivity index (χ1) is 13.6. The number of nitrogens with zero attached hydrogens (tertiary/aromatic N) is 1. The Kier molecular flexibility index (Phi) is 7.08. The van der Waals surface area contributed by atoms with E-state index in [1.54, 1.807) is 31.5 Å². The molecule has 2 rings (SSSR count). The minimum Gasteiger partial charge on any atom is -0.496 e. The summed E-state index contributed by atoms with van der Waals surface area (Å²) in [6, 6.07) is 4.99. The van der Waals surface area contributed by atoms with Crippen molar-refractivity contribution in [3.8, 4) is 34.5 Å². The van der Waals surface area contributed by atoms with Crippen LogP contribution in [0.1, 0.15) is 15.9 Å². The molecule has 0 spiro atoms. The van der Waals surface area contributed by atoms with Crippen molar-refractivity contribution < 1.29 is 33.2 Å². The lowest BCUT2D eigenvalue weighted by molar-refractivity contribution is 0.111. The van der Waals surface area contributed by atoms with E-state index in [2.05, 4.69) is 4.99 Å². The second-order valence-corrected chi connectivity index (χ2v) is 5.40. The smallest absolute Gasteiger partial charge is 0.162 e. The summed E-state index contributed by atoms with van der Waals surface area (Å²) in [7, 11) is 9.00. The Labute approximate surface area is 163 Å². The summed E-state index contributed by atoms with van der Waals surface area (Å²) >= 11 is 0. The number of aliphatic imine (C=N–C) groups is 1. The van der Waals surface area contributed by atoms with Gasteiger partial charge in [0.1, 0.15) is 34.2 Å². The zero-order valence-corrected chi connectivity index (χ0v) is 16.7. The van der Waals surface area contributed by atoms with Crippen molar-refractivity contribution in [3.63, 3.8) is 0 Å². The number of carbonyl (C=O) groups is 1. The molecule has 8 nitrogen and oxygen atoms in total. The molecule has 0 amide bonds. The Morgan fingerprint density at radius 3 is 1.64 bits per heavy atom. The van der Waals surface area contributed by atoms with E-state index >= 15 is 0 Å². The van der Waals surface area contributed by atoms with Gasteiger partial charge in [-0.25, -0.2) is 4.99 Å². The second-order valence-electron chi connectivity index (χ2n) is 5.40. The molecule has 0 atom stereocenters. The molecule has 2 aromatic carbocycles. The fourth-order valence-electron chi connectivity index (χ4n) is 2.67. The predicted octanol–water partition coefficient (Wildman–Crippen LogP) is 3.30. The molecule has 150 valence electrons. The summed E-state index contributed by atoms with van der Waals surface area (Å²) in [4.78, 5) is 16.0. The van der Waals surface area contributed by atoms with E-state index in [0.29, 0.717) is 46.3 Å². The van der Waals surface area contributed by atoms with Crippen LogP contribution in [0.4, 0.5) is 5.69 Å². The molecule has 0 radical (unpaired) electrons. The van der Waals surface area contributed by atoms with Crippen molar-refractivity contribution in [1.29, 1.82) is 0 Å². The molecule has 0 saturated carbocycles. The minimum absolute atomic E-state index is 0.228. The average Bonchev–Trinajstić information content (AvgIpc) is 2.75. The van der Waals surface area contributed by atoms with Gasteiger partial charge in [0.2, 0.25) is 0 Å². The standard InChI is InChI=1S/C20H23NO7/c1-23-12-7-15(24-2)13(16(8-12)25-3)10-21-19-18(27-5)9-17(26-4)14(11-22)20(19)28-6/h7-11H,1-6H3. The fourth-order valence-corrected chi connectivity index (χ4v) is 2.67. The summed E-state index contributed by atoms with van der Waals surface area (Å²) in [6.07, 6.45) is 2.18. The third-order valence-electron chi connectivity index (χ3n) is 4.06. The Hall–Kier alpha value is -3.42. The number of hydrogen-bond donors (Lipinski definition) is 0. The monoisotopic (exact) mass is 389 g/mol. The van der Waals surface area contributed by atoms with Gasteiger partial charge in [0, 0.05) is 24.4 Å². The van der Waals surface area contributed by atoms with Gasteiger partial charge in [0.05, 0.1) is 48.2 Å². The van der Waals surface area contributed by atoms with Gasteiger partial charge in [-0.3, -0.25) is 4.79 Å². The average molecular weight is 389 g/mol. The zero-order chi connectivity index (χ0) is 20.7. The van der Waals surface area contributed by atoms with Gasteiger partial charge in [0.15, 0.2) is 17.8 Å². The van der Waals surface area contributed by atoms with E-state index in [1.165, 1.54) is 35.5 Å². The second kappa shape index (κ2) is 9.50. The zero-order valence-electron chi connectivity index (χ0n) is 16.7. The number of ether oxygens (including phenoxy) is 6. The van der Waals surface area contributed by atoms with Crippen LogP contribution in [-0.4, -0.2) is 55.2 Å². The number of aldehydes is 1. The molecule has 8 heteroatoms. The lowest BCUT2D eigenvalue weighted by atomic mass is 10.1. The molecular formula is C20H23NO7. The number of benzene rings is 2. The third kappa shape index (κ3) is 3.95. The first-order valence-electron chi connectivity index (χ1n) is 8.20. The Morgan fingerprint density at radius 2 is 1.21 bits per heavy atom. The van der Waals surface area contributed by atoms with Gasteiger partial charge in [-0.15, -0.1) is 0 Å². The minimum atomic E-state index is 0.228. The fraction of sp³-hybridized carbons (Fsp3) is 0.300.